The minimum atomic E-state index is 0.297. The van der Waals surface area contributed by atoms with Crippen LogP contribution in [0.15, 0.2) is 45.7 Å². The average molecular weight is 163 g/mol. The standard InChI is InChI=1S/C8H9N3O/c12-10-7-6-9-11-8-4-2-1-3-5-8/h1-5,7,12H,6H2/b10-7+,11-9?. The summed E-state index contributed by atoms with van der Waals surface area (Å²) in [6.45, 7) is 0.297. The summed E-state index contributed by atoms with van der Waals surface area (Å²) < 4.78 is 0. The predicted molar refractivity (Wildman–Crippen MR) is 46.1 cm³/mol. The largest absolute Gasteiger partial charge is 0.411 e. The molecule has 0 saturated heterocycles. The summed E-state index contributed by atoms with van der Waals surface area (Å²) in [7, 11) is 0. The molecule has 0 spiro atoms. The molecule has 4 nitrogen and oxygen atoms in total. The molecular weight excluding hydrogens is 154 g/mol. The zero-order valence-electron chi connectivity index (χ0n) is 6.46. The Bertz CT molecular complexity index is 269. The maximum atomic E-state index is 8.03. The van der Waals surface area contributed by atoms with Crippen LogP contribution in [0.25, 0.3) is 0 Å². The predicted octanol–water partition coefficient (Wildman–Crippen LogP) is 2.23. The first-order valence-corrected chi connectivity index (χ1v) is 3.52. The summed E-state index contributed by atoms with van der Waals surface area (Å²) in [4.78, 5) is 0. The highest BCUT2D eigenvalue weighted by molar-refractivity contribution is 5.58. The van der Waals surface area contributed by atoms with Crippen LogP contribution in [0.2, 0.25) is 0 Å². The van der Waals surface area contributed by atoms with Crippen LogP contribution >= 0.6 is 0 Å². The molecule has 0 amide bonds. The van der Waals surface area contributed by atoms with Crippen molar-refractivity contribution in [3.05, 3.63) is 30.3 Å². The molecule has 0 aliphatic carbocycles. The van der Waals surface area contributed by atoms with Crippen LogP contribution < -0.4 is 0 Å². The highest BCUT2D eigenvalue weighted by Gasteiger charge is 1.82. The Balaban J connectivity index is 2.47. The van der Waals surface area contributed by atoms with Gasteiger partial charge in [-0.05, 0) is 12.1 Å². The summed E-state index contributed by atoms with van der Waals surface area (Å²) >= 11 is 0. The van der Waals surface area contributed by atoms with Crippen molar-refractivity contribution in [2.75, 3.05) is 6.54 Å². The molecule has 4 heteroatoms. The molecule has 0 unspecified atom stereocenters. The highest BCUT2D eigenvalue weighted by atomic mass is 16.4. The van der Waals surface area contributed by atoms with Crippen molar-refractivity contribution in [2.24, 2.45) is 15.4 Å². The molecular formula is C8H9N3O. The van der Waals surface area contributed by atoms with Crippen molar-refractivity contribution in [2.45, 2.75) is 0 Å². The minimum absolute atomic E-state index is 0.297. The van der Waals surface area contributed by atoms with E-state index >= 15 is 0 Å². The molecule has 62 valence electrons. The van der Waals surface area contributed by atoms with Gasteiger partial charge in [0.05, 0.1) is 18.4 Å². The van der Waals surface area contributed by atoms with Crippen LogP contribution in [0.5, 0.6) is 0 Å². The Morgan fingerprint density at radius 3 is 2.67 bits per heavy atom. The Labute approximate surface area is 70.3 Å². The van der Waals surface area contributed by atoms with Gasteiger partial charge in [-0.3, -0.25) is 0 Å². The van der Waals surface area contributed by atoms with Gasteiger partial charge < -0.3 is 5.21 Å². The third-order valence-corrected chi connectivity index (χ3v) is 1.19. The summed E-state index contributed by atoms with van der Waals surface area (Å²) in [5.74, 6) is 0. The Hall–Kier alpha value is -1.71. The molecule has 0 fully saturated rings. The smallest absolute Gasteiger partial charge is 0.0988 e. The van der Waals surface area contributed by atoms with E-state index in [-0.39, 0.29) is 0 Å². The number of hydrogen-bond acceptors (Lipinski definition) is 4. The summed E-state index contributed by atoms with van der Waals surface area (Å²) in [6, 6.07) is 9.37. The first kappa shape index (κ1) is 8.39. The van der Waals surface area contributed by atoms with Gasteiger partial charge in [0.2, 0.25) is 0 Å². The Kier molecular flexibility index (Phi) is 3.50. The minimum Gasteiger partial charge on any atom is -0.411 e. The fraction of sp³-hybridized carbons (Fsp3) is 0.125. The topological polar surface area (TPSA) is 57.3 Å². The molecule has 1 N–H and O–H groups in total. The van der Waals surface area contributed by atoms with Gasteiger partial charge in [0, 0.05) is 0 Å². The van der Waals surface area contributed by atoms with Gasteiger partial charge >= 0.3 is 0 Å². The SMILES string of the molecule is O/N=C/CN=Nc1ccccc1. The van der Waals surface area contributed by atoms with Crippen LogP contribution in [-0.4, -0.2) is 18.0 Å². The van der Waals surface area contributed by atoms with Crippen LogP contribution in [-0.2, 0) is 0 Å². The molecule has 0 atom stereocenters. The van der Waals surface area contributed by atoms with Crippen molar-refractivity contribution in [3.8, 4) is 0 Å². The normalized spacial score (nSPS) is 11.3. The van der Waals surface area contributed by atoms with Gasteiger partial charge in [-0.25, -0.2) is 0 Å². The molecule has 12 heavy (non-hydrogen) atoms. The lowest BCUT2D eigenvalue weighted by atomic mass is 10.3. The van der Waals surface area contributed by atoms with Crippen molar-refractivity contribution in [3.63, 3.8) is 0 Å². The maximum absolute atomic E-state index is 8.03. The van der Waals surface area contributed by atoms with Crippen LogP contribution in [0.4, 0.5) is 5.69 Å². The average Bonchev–Trinajstić information content (AvgIpc) is 2.14. The molecule has 0 heterocycles. The summed E-state index contributed by atoms with van der Waals surface area (Å²) in [5.41, 5.74) is 0.795. The van der Waals surface area contributed by atoms with E-state index < -0.39 is 0 Å². The summed E-state index contributed by atoms with van der Waals surface area (Å²) in [5, 5.41) is 18.4. The van der Waals surface area contributed by atoms with E-state index in [9.17, 15) is 0 Å². The summed E-state index contributed by atoms with van der Waals surface area (Å²) in [6.07, 6.45) is 1.27. The molecule has 0 aliphatic heterocycles. The van der Waals surface area contributed by atoms with Crippen LogP contribution in [0, 0.1) is 0 Å². The van der Waals surface area contributed by atoms with Gasteiger partial charge in [-0.1, -0.05) is 18.2 Å². The lowest BCUT2D eigenvalue weighted by Crippen LogP contribution is -1.77. The van der Waals surface area contributed by atoms with Crippen LogP contribution in [0.1, 0.15) is 0 Å². The van der Waals surface area contributed by atoms with Gasteiger partial charge in [-0.2, -0.15) is 10.2 Å². The number of rotatable bonds is 3. The van der Waals surface area contributed by atoms with Crippen LogP contribution in [0.3, 0.4) is 0 Å². The van der Waals surface area contributed by atoms with E-state index in [0.29, 0.717) is 6.54 Å². The Morgan fingerprint density at radius 1 is 1.25 bits per heavy atom. The number of azo groups is 1. The van der Waals surface area contributed by atoms with E-state index in [2.05, 4.69) is 15.4 Å². The number of hydrogen-bond donors (Lipinski definition) is 1. The zero-order chi connectivity index (χ0) is 8.65. The van der Waals surface area contributed by atoms with E-state index in [4.69, 9.17) is 5.21 Å². The molecule has 1 aromatic rings. The molecule has 0 bridgehead atoms. The number of nitrogens with zero attached hydrogens (tertiary/aromatic N) is 3. The Morgan fingerprint density at radius 2 is 2.00 bits per heavy atom. The van der Waals surface area contributed by atoms with Crippen molar-refractivity contribution in [1.29, 1.82) is 0 Å². The lowest BCUT2D eigenvalue weighted by molar-refractivity contribution is 0.321. The monoisotopic (exact) mass is 163 g/mol. The van der Waals surface area contributed by atoms with E-state index in [0.717, 1.165) is 5.69 Å². The van der Waals surface area contributed by atoms with E-state index in [1.165, 1.54) is 6.21 Å². The molecule has 0 radical (unpaired) electrons. The number of oxime groups is 1. The molecule has 1 aromatic carbocycles. The first-order chi connectivity index (χ1) is 5.93. The van der Waals surface area contributed by atoms with E-state index in [1.807, 2.05) is 30.3 Å². The van der Waals surface area contributed by atoms with Gasteiger partial charge in [0.1, 0.15) is 0 Å². The van der Waals surface area contributed by atoms with Crippen molar-refractivity contribution in [1.82, 2.24) is 0 Å². The highest BCUT2D eigenvalue weighted by Crippen LogP contribution is 2.09. The second-order valence-electron chi connectivity index (χ2n) is 2.06. The zero-order valence-corrected chi connectivity index (χ0v) is 6.46. The molecule has 1 rings (SSSR count). The van der Waals surface area contributed by atoms with E-state index in [1.54, 1.807) is 0 Å². The van der Waals surface area contributed by atoms with Gasteiger partial charge in [-0.15, -0.1) is 5.16 Å². The van der Waals surface area contributed by atoms with Crippen molar-refractivity contribution < 1.29 is 5.21 Å². The van der Waals surface area contributed by atoms with Gasteiger partial charge in [0.15, 0.2) is 0 Å². The van der Waals surface area contributed by atoms with Crippen molar-refractivity contribution >= 4 is 11.9 Å². The maximum Gasteiger partial charge on any atom is 0.0988 e. The fourth-order valence-electron chi connectivity index (χ4n) is 0.690. The molecule has 0 aromatic heterocycles. The number of benzene rings is 1. The third kappa shape index (κ3) is 2.92. The first-order valence-electron chi connectivity index (χ1n) is 3.52. The molecule has 0 saturated carbocycles. The quantitative estimate of drug-likeness (QED) is 0.316. The van der Waals surface area contributed by atoms with Gasteiger partial charge in [0.25, 0.3) is 0 Å². The fourth-order valence-corrected chi connectivity index (χ4v) is 0.690. The second-order valence-corrected chi connectivity index (χ2v) is 2.06. The second kappa shape index (κ2) is 5.01. The molecule has 0 aliphatic rings. The third-order valence-electron chi connectivity index (χ3n) is 1.19. The lowest BCUT2D eigenvalue weighted by Gasteiger charge is -1.87.